The van der Waals surface area contributed by atoms with Crippen molar-refractivity contribution in [3.63, 3.8) is 0 Å². The Balaban J connectivity index is 2.06. The smallest absolute Gasteiger partial charge is 0.358 e. The number of imidazole rings is 1. The summed E-state index contributed by atoms with van der Waals surface area (Å²) in [4.78, 5) is 18.0. The zero-order chi connectivity index (χ0) is 13.6. The van der Waals surface area contributed by atoms with E-state index in [1.807, 2.05) is 11.8 Å². The largest absolute Gasteiger partial charge is 0.373 e. The summed E-state index contributed by atoms with van der Waals surface area (Å²) in [6.07, 6.45) is 3.37. The van der Waals surface area contributed by atoms with E-state index >= 15 is 0 Å². The van der Waals surface area contributed by atoms with Gasteiger partial charge >= 0.3 is 5.82 Å². The molecule has 19 heavy (non-hydrogen) atoms. The molecule has 1 saturated heterocycles. The van der Waals surface area contributed by atoms with Gasteiger partial charge in [0.25, 0.3) is 4.96 Å². The number of fused-ring (bicyclic) bond motifs is 1. The van der Waals surface area contributed by atoms with Crippen molar-refractivity contribution in [1.29, 1.82) is 0 Å². The number of hydrogen-bond donors (Lipinski definition) is 1. The third-order valence-electron chi connectivity index (χ3n) is 3.58. The van der Waals surface area contributed by atoms with Gasteiger partial charge in [-0.25, -0.2) is 0 Å². The van der Waals surface area contributed by atoms with Crippen molar-refractivity contribution in [2.75, 3.05) is 11.4 Å². The predicted octanol–water partition coefficient (Wildman–Crippen LogP) is 1.62. The molecule has 8 heteroatoms. The monoisotopic (exact) mass is 281 g/mol. The second-order valence-electron chi connectivity index (χ2n) is 4.90. The molecular formula is C11H15N5O2S. The lowest BCUT2D eigenvalue weighted by Crippen LogP contribution is -2.46. The van der Waals surface area contributed by atoms with Crippen LogP contribution in [0.5, 0.6) is 0 Å². The molecule has 1 aliphatic heterocycles. The topological polar surface area (TPSA) is 89.7 Å². The van der Waals surface area contributed by atoms with Crippen LogP contribution >= 0.6 is 11.3 Å². The molecule has 2 atom stereocenters. The number of piperidine rings is 1. The molecular weight excluding hydrogens is 266 g/mol. The first-order valence-corrected chi connectivity index (χ1v) is 7.08. The first-order chi connectivity index (χ1) is 9.08. The van der Waals surface area contributed by atoms with Gasteiger partial charge in [-0.3, -0.25) is 0 Å². The molecule has 102 valence electrons. The van der Waals surface area contributed by atoms with Crippen molar-refractivity contribution < 1.29 is 4.92 Å². The summed E-state index contributed by atoms with van der Waals surface area (Å²) in [6.45, 7) is 2.75. The zero-order valence-corrected chi connectivity index (χ0v) is 11.3. The maximum Gasteiger partial charge on any atom is 0.373 e. The standard InChI is InChI=1S/C11H15N5O2S/c1-7-6-8(12)2-3-14(7)9-10(16(17)18)15-4-5-19-11(15)13-9/h4-5,7-8H,2-3,6,12H2,1H3. The molecule has 1 aliphatic rings. The van der Waals surface area contributed by atoms with E-state index in [0.29, 0.717) is 17.3 Å². The minimum Gasteiger partial charge on any atom is -0.358 e. The lowest BCUT2D eigenvalue weighted by Gasteiger charge is -2.36. The molecule has 7 nitrogen and oxygen atoms in total. The van der Waals surface area contributed by atoms with E-state index in [1.54, 1.807) is 16.0 Å². The molecule has 0 aliphatic carbocycles. The number of anilines is 1. The van der Waals surface area contributed by atoms with E-state index in [2.05, 4.69) is 4.98 Å². The molecule has 0 spiro atoms. The summed E-state index contributed by atoms with van der Waals surface area (Å²) in [6, 6.07) is 0.348. The van der Waals surface area contributed by atoms with Crippen LogP contribution in [0.1, 0.15) is 19.8 Å². The van der Waals surface area contributed by atoms with Crippen LogP contribution in [0.25, 0.3) is 4.96 Å². The van der Waals surface area contributed by atoms with Crippen LogP contribution in [0.3, 0.4) is 0 Å². The molecule has 3 heterocycles. The number of thiazole rings is 1. The average Bonchev–Trinajstić information content (AvgIpc) is 2.87. The maximum absolute atomic E-state index is 11.3. The average molecular weight is 281 g/mol. The van der Waals surface area contributed by atoms with Crippen LogP contribution in [0.2, 0.25) is 0 Å². The highest BCUT2D eigenvalue weighted by molar-refractivity contribution is 7.15. The Hall–Kier alpha value is -1.67. The second-order valence-corrected chi connectivity index (χ2v) is 5.77. The Kier molecular flexibility index (Phi) is 2.90. The minimum absolute atomic E-state index is 0.0542. The molecule has 3 rings (SSSR count). The summed E-state index contributed by atoms with van der Waals surface area (Å²) >= 11 is 1.40. The van der Waals surface area contributed by atoms with Gasteiger partial charge in [-0.2, -0.15) is 9.38 Å². The summed E-state index contributed by atoms with van der Waals surface area (Å²) in [7, 11) is 0. The van der Waals surface area contributed by atoms with Gasteiger partial charge in [0.15, 0.2) is 0 Å². The number of nitro groups is 1. The molecule has 2 aromatic heterocycles. The van der Waals surface area contributed by atoms with Crippen LogP contribution in [0.4, 0.5) is 11.6 Å². The van der Waals surface area contributed by atoms with Crippen LogP contribution in [-0.4, -0.2) is 32.9 Å². The lowest BCUT2D eigenvalue weighted by molar-refractivity contribution is -0.389. The van der Waals surface area contributed by atoms with Crippen LogP contribution in [0, 0.1) is 10.1 Å². The SMILES string of the molecule is CC1CC(N)CCN1c1nc2sccn2c1[N+](=O)[O-]. The van der Waals surface area contributed by atoms with Gasteiger partial charge in [0, 0.05) is 24.0 Å². The van der Waals surface area contributed by atoms with Gasteiger partial charge in [-0.1, -0.05) is 11.3 Å². The van der Waals surface area contributed by atoms with Crippen LogP contribution in [-0.2, 0) is 0 Å². The van der Waals surface area contributed by atoms with Crippen molar-refractivity contribution in [2.24, 2.45) is 5.73 Å². The van der Waals surface area contributed by atoms with Crippen molar-refractivity contribution in [1.82, 2.24) is 9.38 Å². The van der Waals surface area contributed by atoms with Crippen molar-refractivity contribution in [3.8, 4) is 0 Å². The first kappa shape index (κ1) is 12.4. The van der Waals surface area contributed by atoms with Gasteiger partial charge in [0.1, 0.15) is 6.20 Å². The third-order valence-corrected chi connectivity index (χ3v) is 4.34. The highest BCUT2D eigenvalue weighted by Crippen LogP contribution is 2.34. The van der Waals surface area contributed by atoms with E-state index in [4.69, 9.17) is 5.73 Å². The Morgan fingerprint density at radius 3 is 3.11 bits per heavy atom. The highest BCUT2D eigenvalue weighted by atomic mass is 32.1. The van der Waals surface area contributed by atoms with Gasteiger partial charge in [0.05, 0.1) is 0 Å². The molecule has 0 amide bonds. The van der Waals surface area contributed by atoms with Crippen LogP contribution < -0.4 is 10.6 Å². The fourth-order valence-electron chi connectivity index (χ4n) is 2.65. The molecule has 0 aromatic carbocycles. The zero-order valence-electron chi connectivity index (χ0n) is 10.5. The van der Waals surface area contributed by atoms with Crippen LogP contribution in [0.15, 0.2) is 11.6 Å². The lowest BCUT2D eigenvalue weighted by atomic mass is 9.99. The Labute approximate surface area is 113 Å². The quantitative estimate of drug-likeness (QED) is 0.667. The van der Waals surface area contributed by atoms with Crippen molar-refractivity contribution in [2.45, 2.75) is 31.8 Å². The van der Waals surface area contributed by atoms with E-state index < -0.39 is 0 Å². The Bertz CT molecular complexity index is 622. The van der Waals surface area contributed by atoms with Gasteiger partial charge in [-0.15, -0.1) is 0 Å². The first-order valence-electron chi connectivity index (χ1n) is 6.20. The van der Waals surface area contributed by atoms with E-state index in [-0.39, 0.29) is 22.8 Å². The fraction of sp³-hybridized carbons (Fsp3) is 0.545. The molecule has 0 saturated carbocycles. The second kappa shape index (κ2) is 4.46. The number of nitrogens with zero attached hydrogens (tertiary/aromatic N) is 4. The number of nitrogens with two attached hydrogens (primary N) is 1. The predicted molar refractivity (Wildman–Crippen MR) is 73.7 cm³/mol. The fourth-order valence-corrected chi connectivity index (χ4v) is 3.35. The minimum atomic E-state index is -0.358. The molecule has 1 fully saturated rings. The summed E-state index contributed by atoms with van der Waals surface area (Å²) in [5.41, 5.74) is 5.93. The van der Waals surface area contributed by atoms with E-state index in [1.165, 1.54) is 11.3 Å². The highest BCUT2D eigenvalue weighted by Gasteiger charge is 2.33. The van der Waals surface area contributed by atoms with Gasteiger partial charge in [0.2, 0.25) is 5.82 Å². The number of aromatic nitrogens is 2. The molecule has 0 radical (unpaired) electrons. The molecule has 2 aromatic rings. The Morgan fingerprint density at radius 1 is 1.63 bits per heavy atom. The maximum atomic E-state index is 11.3. The third kappa shape index (κ3) is 1.96. The van der Waals surface area contributed by atoms with Gasteiger partial charge < -0.3 is 20.7 Å². The summed E-state index contributed by atoms with van der Waals surface area (Å²) in [5.74, 6) is 0.523. The number of hydrogen-bond acceptors (Lipinski definition) is 6. The van der Waals surface area contributed by atoms with Gasteiger partial charge in [-0.05, 0) is 24.7 Å². The number of rotatable bonds is 2. The normalized spacial score (nSPS) is 24.0. The molecule has 0 bridgehead atoms. The molecule has 2 N–H and O–H groups in total. The van der Waals surface area contributed by atoms with E-state index in [9.17, 15) is 10.1 Å². The van der Waals surface area contributed by atoms with Crippen molar-refractivity contribution >= 4 is 27.9 Å². The van der Waals surface area contributed by atoms with E-state index in [0.717, 1.165) is 12.8 Å². The Morgan fingerprint density at radius 2 is 2.42 bits per heavy atom. The molecule has 2 unspecified atom stereocenters. The summed E-state index contributed by atoms with van der Waals surface area (Å²) in [5, 5.41) is 13.1. The van der Waals surface area contributed by atoms with Crippen molar-refractivity contribution in [3.05, 3.63) is 21.7 Å². The summed E-state index contributed by atoms with van der Waals surface area (Å²) < 4.78 is 1.54.